The molecule has 2 aromatic rings. The maximum atomic E-state index is 5.44. The second-order valence-electron chi connectivity index (χ2n) is 3.18. The van der Waals surface area contributed by atoms with Crippen LogP contribution < -0.4 is 5.73 Å². The Morgan fingerprint density at radius 2 is 2.29 bits per heavy atom. The highest BCUT2D eigenvalue weighted by molar-refractivity contribution is 7.18. The largest absolute Gasteiger partial charge is 0.330 e. The number of aromatic nitrogens is 2. The van der Waals surface area contributed by atoms with Crippen molar-refractivity contribution in [1.82, 2.24) is 9.97 Å². The van der Waals surface area contributed by atoms with Crippen LogP contribution in [-0.2, 0) is 6.42 Å². The smallest absolute Gasteiger partial charge is 0.143 e. The van der Waals surface area contributed by atoms with Crippen LogP contribution in [0.5, 0.6) is 0 Å². The van der Waals surface area contributed by atoms with Crippen LogP contribution in [0.1, 0.15) is 17.8 Å². The molecule has 2 rings (SSSR count). The number of aryl methyl sites for hydroxylation is 1. The second kappa shape index (κ2) is 4.48. The highest BCUT2D eigenvalue weighted by Crippen LogP contribution is 2.20. The van der Waals surface area contributed by atoms with Crippen LogP contribution in [0.15, 0.2) is 18.3 Å². The molecule has 3 nitrogen and oxygen atoms in total. The van der Waals surface area contributed by atoms with E-state index in [4.69, 9.17) is 5.73 Å². The van der Waals surface area contributed by atoms with E-state index in [1.165, 1.54) is 5.01 Å². The molecule has 0 aromatic carbocycles. The second-order valence-corrected chi connectivity index (χ2v) is 4.24. The minimum atomic E-state index is 0.767. The van der Waals surface area contributed by atoms with Crippen molar-refractivity contribution in [2.24, 2.45) is 5.73 Å². The average Bonchev–Trinajstić information content (AvgIpc) is 2.60. The van der Waals surface area contributed by atoms with E-state index in [1.807, 2.05) is 18.3 Å². The highest BCUT2D eigenvalue weighted by Gasteiger charge is 2.02. The SMILES string of the molecule is NCCCCc1nc2cccnc2s1. The number of thiazole rings is 1. The minimum absolute atomic E-state index is 0.767. The highest BCUT2D eigenvalue weighted by atomic mass is 32.1. The Hall–Kier alpha value is -1.00. The number of pyridine rings is 1. The van der Waals surface area contributed by atoms with Crippen LogP contribution in [0.2, 0.25) is 0 Å². The molecule has 0 bridgehead atoms. The van der Waals surface area contributed by atoms with Crippen molar-refractivity contribution in [3.8, 4) is 0 Å². The topological polar surface area (TPSA) is 51.8 Å². The van der Waals surface area contributed by atoms with Crippen LogP contribution in [0.3, 0.4) is 0 Å². The van der Waals surface area contributed by atoms with Gasteiger partial charge in [-0.2, -0.15) is 0 Å². The number of nitrogens with two attached hydrogens (primary N) is 1. The Labute approximate surface area is 87.0 Å². The fourth-order valence-electron chi connectivity index (χ4n) is 1.34. The van der Waals surface area contributed by atoms with Gasteiger partial charge in [0.05, 0.1) is 5.01 Å². The van der Waals surface area contributed by atoms with E-state index in [-0.39, 0.29) is 0 Å². The average molecular weight is 207 g/mol. The normalized spacial score (nSPS) is 10.9. The van der Waals surface area contributed by atoms with E-state index in [0.29, 0.717) is 0 Å². The molecule has 2 heterocycles. The molecule has 0 aliphatic carbocycles. The molecule has 0 fully saturated rings. The summed E-state index contributed by atoms with van der Waals surface area (Å²) in [4.78, 5) is 9.80. The predicted molar refractivity (Wildman–Crippen MR) is 59.4 cm³/mol. The number of fused-ring (bicyclic) bond motifs is 1. The number of rotatable bonds is 4. The van der Waals surface area contributed by atoms with Gasteiger partial charge >= 0.3 is 0 Å². The van der Waals surface area contributed by atoms with E-state index < -0.39 is 0 Å². The van der Waals surface area contributed by atoms with Crippen LogP contribution in [0, 0.1) is 0 Å². The molecule has 0 radical (unpaired) electrons. The number of unbranched alkanes of at least 4 members (excludes halogenated alkanes) is 1. The standard InChI is InChI=1S/C10H13N3S/c11-6-2-1-5-9-13-8-4-3-7-12-10(8)14-9/h3-4,7H,1-2,5-6,11H2. The molecule has 0 aliphatic rings. The fourth-order valence-corrected chi connectivity index (χ4v) is 2.29. The molecular weight excluding hydrogens is 194 g/mol. The minimum Gasteiger partial charge on any atom is -0.330 e. The first-order chi connectivity index (χ1) is 6.90. The molecule has 0 saturated carbocycles. The van der Waals surface area contributed by atoms with Gasteiger partial charge in [-0.3, -0.25) is 0 Å². The zero-order valence-electron chi connectivity index (χ0n) is 7.94. The lowest BCUT2D eigenvalue weighted by Gasteiger charge is -1.92. The summed E-state index contributed by atoms with van der Waals surface area (Å²) in [5.74, 6) is 0. The summed E-state index contributed by atoms with van der Waals surface area (Å²) in [6.45, 7) is 0.767. The molecule has 0 saturated heterocycles. The van der Waals surface area contributed by atoms with Crippen molar-refractivity contribution in [3.63, 3.8) is 0 Å². The van der Waals surface area contributed by atoms with Crippen molar-refractivity contribution in [3.05, 3.63) is 23.3 Å². The Balaban J connectivity index is 2.11. The first-order valence-electron chi connectivity index (χ1n) is 4.80. The molecule has 0 aliphatic heterocycles. The molecule has 0 unspecified atom stereocenters. The maximum Gasteiger partial charge on any atom is 0.143 e. The Morgan fingerprint density at radius 3 is 3.07 bits per heavy atom. The summed E-state index contributed by atoms with van der Waals surface area (Å²) in [6.07, 6.45) is 5.03. The van der Waals surface area contributed by atoms with Gasteiger partial charge in [-0.25, -0.2) is 9.97 Å². The third-order valence-corrected chi connectivity index (χ3v) is 3.09. The van der Waals surface area contributed by atoms with Gasteiger partial charge in [0.25, 0.3) is 0 Å². The fraction of sp³-hybridized carbons (Fsp3) is 0.400. The summed E-state index contributed by atoms with van der Waals surface area (Å²) >= 11 is 1.68. The van der Waals surface area contributed by atoms with Gasteiger partial charge in [-0.05, 0) is 37.9 Å². The quantitative estimate of drug-likeness (QED) is 0.780. The van der Waals surface area contributed by atoms with E-state index in [2.05, 4.69) is 9.97 Å². The number of nitrogens with zero attached hydrogens (tertiary/aromatic N) is 2. The molecule has 2 N–H and O–H groups in total. The molecule has 0 amide bonds. The monoisotopic (exact) mass is 207 g/mol. The Kier molecular flexibility index (Phi) is 3.06. The molecule has 4 heteroatoms. The first kappa shape index (κ1) is 9.55. The van der Waals surface area contributed by atoms with Gasteiger partial charge in [0.15, 0.2) is 0 Å². The summed E-state index contributed by atoms with van der Waals surface area (Å²) < 4.78 is 0. The number of hydrogen-bond donors (Lipinski definition) is 1. The molecule has 14 heavy (non-hydrogen) atoms. The van der Waals surface area contributed by atoms with Crippen molar-refractivity contribution in [2.75, 3.05) is 6.54 Å². The van der Waals surface area contributed by atoms with Crippen LogP contribution in [0.4, 0.5) is 0 Å². The number of hydrogen-bond acceptors (Lipinski definition) is 4. The van der Waals surface area contributed by atoms with Crippen molar-refractivity contribution < 1.29 is 0 Å². The Morgan fingerprint density at radius 1 is 1.36 bits per heavy atom. The lowest BCUT2D eigenvalue weighted by Crippen LogP contribution is -1.98. The van der Waals surface area contributed by atoms with E-state index in [0.717, 1.165) is 36.2 Å². The van der Waals surface area contributed by atoms with E-state index in [1.54, 1.807) is 11.3 Å². The zero-order valence-corrected chi connectivity index (χ0v) is 8.76. The summed E-state index contributed by atoms with van der Waals surface area (Å²) in [7, 11) is 0. The molecule has 0 atom stereocenters. The van der Waals surface area contributed by atoms with Gasteiger partial charge in [-0.1, -0.05) is 11.3 Å². The Bertz CT molecular complexity index is 377. The van der Waals surface area contributed by atoms with E-state index >= 15 is 0 Å². The molecular formula is C10H13N3S. The third-order valence-electron chi connectivity index (χ3n) is 2.06. The molecule has 2 aromatic heterocycles. The van der Waals surface area contributed by atoms with Gasteiger partial charge in [-0.15, -0.1) is 0 Å². The van der Waals surface area contributed by atoms with Crippen molar-refractivity contribution >= 4 is 21.7 Å². The van der Waals surface area contributed by atoms with E-state index in [9.17, 15) is 0 Å². The van der Waals surface area contributed by atoms with Crippen molar-refractivity contribution in [1.29, 1.82) is 0 Å². The predicted octanol–water partition coefficient (Wildman–Crippen LogP) is 1.97. The zero-order chi connectivity index (χ0) is 9.80. The molecule has 0 spiro atoms. The van der Waals surface area contributed by atoms with Crippen LogP contribution in [0.25, 0.3) is 10.3 Å². The van der Waals surface area contributed by atoms with Crippen LogP contribution in [-0.4, -0.2) is 16.5 Å². The van der Waals surface area contributed by atoms with Crippen LogP contribution >= 0.6 is 11.3 Å². The lowest BCUT2D eigenvalue weighted by molar-refractivity contribution is 0.742. The summed E-state index contributed by atoms with van der Waals surface area (Å²) in [5, 5.41) is 1.17. The van der Waals surface area contributed by atoms with Gasteiger partial charge in [0.1, 0.15) is 10.3 Å². The first-order valence-corrected chi connectivity index (χ1v) is 5.62. The van der Waals surface area contributed by atoms with Gasteiger partial charge < -0.3 is 5.73 Å². The summed E-state index contributed by atoms with van der Waals surface area (Å²) in [6, 6.07) is 3.93. The summed E-state index contributed by atoms with van der Waals surface area (Å²) in [5.41, 5.74) is 6.45. The maximum absolute atomic E-state index is 5.44. The van der Waals surface area contributed by atoms with Crippen molar-refractivity contribution in [2.45, 2.75) is 19.3 Å². The lowest BCUT2D eigenvalue weighted by atomic mass is 10.2. The van der Waals surface area contributed by atoms with Gasteiger partial charge in [0.2, 0.25) is 0 Å². The third kappa shape index (κ3) is 2.08. The van der Waals surface area contributed by atoms with Gasteiger partial charge in [0, 0.05) is 6.20 Å². The molecule has 74 valence electrons.